The van der Waals surface area contributed by atoms with Gasteiger partial charge in [-0.15, -0.1) is 0 Å². The number of aryl methyl sites for hydroxylation is 1. The lowest BCUT2D eigenvalue weighted by Gasteiger charge is -2.33. The highest BCUT2D eigenvalue weighted by molar-refractivity contribution is 6.06. The highest BCUT2D eigenvalue weighted by Crippen LogP contribution is 2.29. The first-order valence-electron chi connectivity index (χ1n) is 11.6. The van der Waals surface area contributed by atoms with Crippen LogP contribution in [-0.2, 0) is 11.3 Å². The number of carbonyl (C=O) groups excluding carboxylic acids is 2. The van der Waals surface area contributed by atoms with Gasteiger partial charge in [0.1, 0.15) is 17.4 Å². The van der Waals surface area contributed by atoms with Crippen molar-refractivity contribution in [3.63, 3.8) is 0 Å². The molecule has 1 aliphatic rings. The summed E-state index contributed by atoms with van der Waals surface area (Å²) in [6.07, 6.45) is 2.96. The van der Waals surface area contributed by atoms with E-state index in [-0.39, 0.29) is 29.1 Å². The summed E-state index contributed by atoms with van der Waals surface area (Å²) in [5, 5.41) is 22.1. The van der Waals surface area contributed by atoms with Crippen molar-refractivity contribution in [2.45, 2.75) is 71.5 Å². The maximum absolute atomic E-state index is 14.6. The first-order chi connectivity index (χ1) is 16.2. The van der Waals surface area contributed by atoms with Crippen molar-refractivity contribution in [2.24, 2.45) is 16.5 Å². The minimum absolute atomic E-state index is 0.0516. The van der Waals surface area contributed by atoms with Gasteiger partial charge in [-0.1, -0.05) is 38.1 Å². The van der Waals surface area contributed by atoms with Crippen LogP contribution in [0.5, 0.6) is 0 Å². The van der Waals surface area contributed by atoms with E-state index in [0.29, 0.717) is 50.6 Å². The van der Waals surface area contributed by atoms with E-state index < -0.39 is 23.2 Å². The largest absolute Gasteiger partial charge is 0.354 e. The molecule has 3 rings (SSSR count). The summed E-state index contributed by atoms with van der Waals surface area (Å²) < 4.78 is 16.1. The molecule has 0 saturated heterocycles. The molecule has 2 amide bonds. The molecule has 1 fully saturated rings. The molecule has 1 heterocycles. The molecular formula is C24H31FN6O3. The molecule has 1 saturated carbocycles. The van der Waals surface area contributed by atoms with Crippen molar-refractivity contribution in [2.75, 3.05) is 6.54 Å². The molecule has 34 heavy (non-hydrogen) atoms. The quantitative estimate of drug-likeness (QED) is 0.404. The molecule has 1 atom stereocenters. The second-order valence-electron chi connectivity index (χ2n) is 9.94. The minimum Gasteiger partial charge on any atom is -0.354 e. The number of unbranched alkanes of at least 4 members (excludes halogenated alkanes) is 2. The smallest absolute Gasteiger partial charge is 0.273 e. The van der Waals surface area contributed by atoms with Crippen molar-refractivity contribution in [1.29, 1.82) is 5.26 Å². The van der Waals surface area contributed by atoms with Crippen molar-refractivity contribution >= 4 is 22.7 Å². The van der Waals surface area contributed by atoms with Crippen molar-refractivity contribution in [1.82, 2.24) is 20.4 Å². The van der Waals surface area contributed by atoms with Crippen LogP contribution < -0.4 is 10.6 Å². The van der Waals surface area contributed by atoms with Gasteiger partial charge >= 0.3 is 0 Å². The summed E-state index contributed by atoms with van der Waals surface area (Å²) in [5.41, 5.74) is -0.312. The van der Waals surface area contributed by atoms with Crippen LogP contribution >= 0.6 is 0 Å². The molecule has 1 aromatic carbocycles. The van der Waals surface area contributed by atoms with Crippen LogP contribution in [0.4, 0.5) is 4.39 Å². The average Bonchev–Trinajstić information content (AvgIpc) is 3.13. The number of aromatic nitrogens is 2. The number of nitrogens with zero attached hydrogens (tertiary/aromatic N) is 4. The zero-order valence-corrected chi connectivity index (χ0v) is 19.8. The number of nitroso groups, excluding NO2 is 1. The highest BCUT2D eigenvalue weighted by atomic mass is 19.1. The molecule has 182 valence electrons. The zero-order valence-electron chi connectivity index (χ0n) is 19.8. The van der Waals surface area contributed by atoms with E-state index in [1.165, 1.54) is 16.8 Å². The Labute approximate surface area is 198 Å². The molecule has 0 aliphatic heterocycles. The molecule has 0 bridgehead atoms. The lowest BCUT2D eigenvalue weighted by Crippen LogP contribution is -2.54. The first-order valence-corrected chi connectivity index (χ1v) is 11.6. The SMILES string of the molecule is CC(C)(C)C(NC(=O)c1nn(CCCCC#N)c2c(F)cccc12)C(=O)NCC1CC(N=O)C1. The Morgan fingerprint density at radius 2 is 2.06 bits per heavy atom. The number of hydrogen-bond acceptors (Lipinski definition) is 6. The van der Waals surface area contributed by atoms with Gasteiger partial charge < -0.3 is 10.6 Å². The van der Waals surface area contributed by atoms with E-state index in [0.717, 1.165) is 0 Å². The third-order valence-electron chi connectivity index (χ3n) is 6.17. The third-order valence-corrected chi connectivity index (χ3v) is 6.17. The molecule has 2 N–H and O–H groups in total. The van der Waals surface area contributed by atoms with Crippen molar-refractivity contribution in [3.05, 3.63) is 34.6 Å². The maximum Gasteiger partial charge on any atom is 0.273 e. The minimum atomic E-state index is -0.843. The molecule has 2 aromatic rings. The number of hydrogen-bond donors (Lipinski definition) is 2. The third kappa shape index (κ3) is 5.76. The molecule has 9 nitrogen and oxygen atoms in total. The van der Waals surface area contributed by atoms with Crippen molar-refractivity contribution < 1.29 is 14.0 Å². The second-order valence-corrected chi connectivity index (χ2v) is 9.94. The number of nitrogens with one attached hydrogen (secondary N) is 2. The van der Waals surface area contributed by atoms with Gasteiger partial charge in [0.15, 0.2) is 5.69 Å². The van der Waals surface area contributed by atoms with E-state index in [9.17, 15) is 18.9 Å². The van der Waals surface area contributed by atoms with Gasteiger partial charge in [-0.25, -0.2) is 4.39 Å². The van der Waals surface area contributed by atoms with Gasteiger partial charge in [-0.3, -0.25) is 14.3 Å². The first kappa shape index (κ1) is 25.3. The lowest BCUT2D eigenvalue weighted by molar-refractivity contribution is -0.125. The molecule has 0 radical (unpaired) electrons. The molecule has 1 unspecified atom stereocenters. The van der Waals surface area contributed by atoms with Crippen LogP contribution in [0.2, 0.25) is 0 Å². The molecule has 10 heteroatoms. The molecule has 1 aliphatic carbocycles. The summed E-state index contributed by atoms with van der Waals surface area (Å²) >= 11 is 0. The monoisotopic (exact) mass is 470 g/mol. The average molecular weight is 471 g/mol. The van der Waals surface area contributed by atoms with E-state index in [2.05, 4.69) is 27.0 Å². The summed E-state index contributed by atoms with van der Waals surface area (Å²) in [6.45, 7) is 6.32. The number of carbonyl (C=O) groups is 2. The Bertz CT molecular complexity index is 1090. The number of halogens is 1. The van der Waals surface area contributed by atoms with Gasteiger partial charge in [0.2, 0.25) is 5.91 Å². The maximum atomic E-state index is 14.6. The highest BCUT2D eigenvalue weighted by Gasteiger charge is 2.36. The topological polar surface area (TPSA) is 129 Å². The molecule has 0 spiro atoms. The Balaban J connectivity index is 1.76. The summed E-state index contributed by atoms with van der Waals surface area (Å²) in [7, 11) is 0. The van der Waals surface area contributed by atoms with Crippen LogP contribution in [0.25, 0.3) is 10.9 Å². The van der Waals surface area contributed by atoms with Crippen LogP contribution in [0.3, 0.4) is 0 Å². The van der Waals surface area contributed by atoms with E-state index in [4.69, 9.17) is 5.26 Å². The number of fused-ring (bicyclic) bond motifs is 1. The van der Waals surface area contributed by atoms with Crippen LogP contribution in [0, 0.1) is 33.4 Å². The number of para-hydroxylation sites is 1. The van der Waals surface area contributed by atoms with Gasteiger partial charge in [0.05, 0.1) is 12.1 Å². The van der Waals surface area contributed by atoms with E-state index >= 15 is 0 Å². The van der Waals surface area contributed by atoms with Crippen LogP contribution in [-0.4, -0.2) is 40.2 Å². The summed E-state index contributed by atoms with van der Waals surface area (Å²) in [6, 6.07) is 5.52. The van der Waals surface area contributed by atoms with E-state index in [1.54, 1.807) is 6.07 Å². The van der Waals surface area contributed by atoms with Gasteiger partial charge in [-0.05, 0) is 43.1 Å². The number of benzene rings is 1. The second kappa shape index (κ2) is 10.7. The Kier molecular flexibility index (Phi) is 7.97. The normalized spacial score (nSPS) is 18.6. The summed E-state index contributed by atoms with van der Waals surface area (Å²) in [4.78, 5) is 36.7. The fourth-order valence-corrected chi connectivity index (χ4v) is 4.16. The van der Waals surface area contributed by atoms with Gasteiger partial charge in [-0.2, -0.15) is 15.3 Å². The Morgan fingerprint density at radius 1 is 1.32 bits per heavy atom. The fraction of sp³-hybridized carbons (Fsp3) is 0.583. The van der Waals surface area contributed by atoms with Gasteiger partial charge in [0.25, 0.3) is 5.91 Å². The standard InChI is InChI=1S/C24H31FN6O3/c1-24(2,3)21(23(33)27-14-15-12-16(13-15)30-34)28-22(32)19-17-8-7-9-18(25)20(17)31(29-19)11-6-4-5-10-26/h7-9,15-16,21H,4-6,11-14H2,1-3H3,(H,27,33)(H,28,32). The Morgan fingerprint density at radius 3 is 2.71 bits per heavy atom. The zero-order chi connectivity index (χ0) is 24.9. The lowest BCUT2D eigenvalue weighted by atomic mass is 9.80. The molecular weight excluding hydrogens is 439 g/mol. The van der Waals surface area contributed by atoms with Crippen molar-refractivity contribution in [3.8, 4) is 6.07 Å². The van der Waals surface area contributed by atoms with E-state index in [1.807, 2.05) is 20.8 Å². The fourth-order valence-electron chi connectivity index (χ4n) is 4.16. The number of rotatable bonds is 10. The number of amides is 2. The molecule has 1 aromatic heterocycles. The van der Waals surface area contributed by atoms with Gasteiger partial charge in [0, 0.05) is 24.9 Å². The predicted octanol–water partition coefficient (Wildman–Crippen LogP) is 3.67. The Hall–Kier alpha value is -3.35. The van der Waals surface area contributed by atoms with Crippen LogP contribution in [0.15, 0.2) is 23.4 Å². The number of nitriles is 1. The van der Waals surface area contributed by atoms with Crippen LogP contribution in [0.1, 0.15) is 63.4 Å². The summed E-state index contributed by atoms with van der Waals surface area (Å²) in [5.74, 6) is -1.17. The predicted molar refractivity (Wildman–Crippen MR) is 125 cm³/mol.